The van der Waals surface area contributed by atoms with E-state index in [9.17, 15) is 18.3 Å². The Balaban J connectivity index is 1.73. The number of hydrogen-bond acceptors (Lipinski definition) is 5. The van der Waals surface area contributed by atoms with Crippen molar-refractivity contribution in [1.82, 2.24) is 4.31 Å². The van der Waals surface area contributed by atoms with Crippen molar-refractivity contribution in [2.45, 2.75) is 44.3 Å². The lowest BCUT2D eigenvalue weighted by molar-refractivity contribution is -0.139. The minimum Gasteiger partial charge on any atom is -0.492 e. The summed E-state index contributed by atoms with van der Waals surface area (Å²) in [6.45, 7) is 6.15. The fourth-order valence-electron chi connectivity index (χ4n) is 4.06. The molecule has 1 fully saturated rings. The summed E-state index contributed by atoms with van der Waals surface area (Å²) in [6.07, 6.45) is 1.33. The Morgan fingerprint density at radius 1 is 1.19 bits per heavy atom. The molecule has 2 aromatic rings. The van der Waals surface area contributed by atoms with Crippen molar-refractivity contribution in [2.24, 2.45) is 5.73 Å². The molecule has 0 atom stereocenters. The minimum absolute atomic E-state index is 0.237. The van der Waals surface area contributed by atoms with Gasteiger partial charge in [-0.1, -0.05) is 30.3 Å². The van der Waals surface area contributed by atoms with Gasteiger partial charge in [-0.05, 0) is 73.9 Å². The fraction of sp³-hybridized carbons (Fsp3) is 0.458. The van der Waals surface area contributed by atoms with Gasteiger partial charge in [-0.15, -0.1) is 0 Å². The van der Waals surface area contributed by atoms with Crippen LogP contribution in [0.25, 0.3) is 11.1 Å². The third-order valence-electron chi connectivity index (χ3n) is 6.21. The Morgan fingerprint density at radius 2 is 1.88 bits per heavy atom. The van der Waals surface area contributed by atoms with Crippen LogP contribution in [0, 0.1) is 6.92 Å². The second-order valence-corrected chi connectivity index (χ2v) is 11.2. The summed E-state index contributed by atoms with van der Waals surface area (Å²) in [5, 5.41) is 9.33. The Kier molecular flexibility index (Phi) is 7.27. The molecule has 1 heterocycles. The van der Waals surface area contributed by atoms with Crippen LogP contribution in [0.4, 0.5) is 0 Å². The molecular weight excluding hydrogens is 428 g/mol. The number of rotatable bonds is 8. The molecule has 3 rings (SSSR count). The zero-order chi connectivity index (χ0) is 23.5. The molecule has 0 unspecified atom stereocenters. The third kappa shape index (κ3) is 4.82. The number of nitrogens with two attached hydrogens (primary N) is 1. The number of carboxylic acid groups (broad SMARTS) is 1. The topological polar surface area (TPSA) is 110 Å². The van der Waals surface area contributed by atoms with Gasteiger partial charge in [0.1, 0.15) is 12.4 Å². The molecule has 0 saturated carbocycles. The predicted octanol–water partition coefficient (Wildman–Crippen LogP) is 3.37. The molecule has 7 nitrogen and oxygen atoms in total. The number of aryl methyl sites for hydroxylation is 1. The number of hydrogen-bond donors (Lipinski definition) is 2. The number of sulfonamides is 1. The van der Waals surface area contributed by atoms with Crippen LogP contribution in [0.2, 0.25) is 0 Å². The van der Waals surface area contributed by atoms with E-state index in [1.54, 1.807) is 0 Å². The first-order valence-corrected chi connectivity index (χ1v) is 12.3. The molecule has 1 saturated heterocycles. The van der Waals surface area contributed by atoms with Crippen molar-refractivity contribution < 1.29 is 23.1 Å². The van der Waals surface area contributed by atoms with E-state index < -0.39 is 20.7 Å². The van der Waals surface area contributed by atoms with Gasteiger partial charge in [0.05, 0.1) is 0 Å². The van der Waals surface area contributed by atoms with E-state index in [-0.39, 0.29) is 5.92 Å². The summed E-state index contributed by atoms with van der Waals surface area (Å²) in [5.41, 5.74) is 10.0. The molecule has 174 valence electrons. The van der Waals surface area contributed by atoms with E-state index in [1.165, 1.54) is 23.7 Å². The van der Waals surface area contributed by atoms with Crippen molar-refractivity contribution >= 4 is 16.0 Å². The maximum absolute atomic E-state index is 12.8. The molecule has 0 radical (unpaired) electrons. The molecule has 8 heteroatoms. The van der Waals surface area contributed by atoms with E-state index in [4.69, 9.17) is 10.5 Å². The van der Waals surface area contributed by atoms with Gasteiger partial charge in [-0.25, -0.2) is 12.7 Å². The molecular formula is C24H32N2O5S. The summed E-state index contributed by atoms with van der Waals surface area (Å²) >= 11 is 0. The maximum atomic E-state index is 12.8. The molecule has 1 aliphatic rings. The lowest BCUT2D eigenvalue weighted by Crippen LogP contribution is -2.51. The zero-order valence-electron chi connectivity index (χ0n) is 18.9. The SMILES string of the molecule is Cc1cc(C2CCN(S(=O)(=O)C(C)(C)C(=O)O)CC2)ccc1-c1cccc(OCCN)c1. The molecule has 0 bridgehead atoms. The van der Waals surface area contributed by atoms with Crippen LogP contribution in [0.15, 0.2) is 42.5 Å². The highest BCUT2D eigenvalue weighted by atomic mass is 32.2. The Hall–Kier alpha value is -2.42. The number of piperidine rings is 1. The summed E-state index contributed by atoms with van der Waals surface area (Å²) < 4.78 is 30.7. The largest absolute Gasteiger partial charge is 0.492 e. The standard InChI is InChI=1S/C24H32N2O5S/c1-17-15-19(7-8-22(17)20-5-4-6-21(16-20)31-14-11-25)18-9-12-26(13-10-18)32(29,30)24(2,3)23(27)28/h4-8,15-16,18H,9-14,25H2,1-3H3,(H,27,28). The molecule has 0 spiro atoms. The van der Waals surface area contributed by atoms with Crippen molar-refractivity contribution in [3.8, 4) is 16.9 Å². The summed E-state index contributed by atoms with van der Waals surface area (Å²) in [7, 11) is -3.91. The molecule has 0 aromatic heterocycles. The number of carboxylic acids is 1. The Labute approximate surface area is 190 Å². The zero-order valence-corrected chi connectivity index (χ0v) is 19.7. The van der Waals surface area contributed by atoms with Gasteiger partial charge in [-0.3, -0.25) is 4.79 Å². The number of ether oxygens (including phenoxy) is 1. The number of aliphatic carboxylic acids is 1. The molecule has 0 aliphatic carbocycles. The van der Waals surface area contributed by atoms with Gasteiger partial charge in [0, 0.05) is 19.6 Å². The van der Waals surface area contributed by atoms with Gasteiger partial charge in [0.25, 0.3) is 0 Å². The van der Waals surface area contributed by atoms with Crippen LogP contribution in [0.3, 0.4) is 0 Å². The van der Waals surface area contributed by atoms with Crippen LogP contribution < -0.4 is 10.5 Å². The van der Waals surface area contributed by atoms with Crippen molar-refractivity contribution in [3.05, 3.63) is 53.6 Å². The first kappa shape index (κ1) is 24.2. The average Bonchev–Trinajstić information content (AvgIpc) is 2.77. The predicted molar refractivity (Wildman–Crippen MR) is 125 cm³/mol. The molecule has 0 amide bonds. The van der Waals surface area contributed by atoms with Crippen LogP contribution in [-0.4, -0.2) is 54.8 Å². The van der Waals surface area contributed by atoms with Gasteiger partial charge in [-0.2, -0.15) is 0 Å². The second kappa shape index (κ2) is 9.60. The first-order valence-electron chi connectivity index (χ1n) is 10.8. The van der Waals surface area contributed by atoms with Crippen LogP contribution in [0.1, 0.15) is 43.7 Å². The quantitative estimate of drug-likeness (QED) is 0.625. The summed E-state index contributed by atoms with van der Waals surface area (Å²) in [4.78, 5) is 11.4. The van der Waals surface area contributed by atoms with Crippen LogP contribution in [-0.2, 0) is 14.8 Å². The van der Waals surface area contributed by atoms with Crippen molar-refractivity contribution in [3.63, 3.8) is 0 Å². The molecule has 32 heavy (non-hydrogen) atoms. The third-order valence-corrected chi connectivity index (χ3v) is 8.72. The molecule has 2 aromatic carbocycles. The monoisotopic (exact) mass is 460 g/mol. The lowest BCUT2D eigenvalue weighted by atomic mass is 9.87. The number of nitrogens with zero attached hydrogens (tertiary/aromatic N) is 1. The van der Waals surface area contributed by atoms with E-state index in [0.29, 0.717) is 39.1 Å². The summed E-state index contributed by atoms with van der Waals surface area (Å²) in [5.74, 6) is -0.306. The highest BCUT2D eigenvalue weighted by molar-refractivity contribution is 7.91. The summed E-state index contributed by atoms with van der Waals surface area (Å²) in [6, 6.07) is 14.3. The van der Waals surface area contributed by atoms with E-state index in [0.717, 1.165) is 22.4 Å². The molecule has 3 N–H and O–H groups in total. The van der Waals surface area contributed by atoms with Crippen LogP contribution >= 0.6 is 0 Å². The number of benzene rings is 2. The Bertz CT molecular complexity index is 1070. The van der Waals surface area contributed by atoms with Gasteiger partial charge in [0.15, 0.2) is 4.75 Å². The van der Waals surface area contributed by atoms with Gasteiger partial charge in [0.2, 0.25) is 10.0 Å². The van der Waals surface area contributed by atoms with E-state index >= 15 is 0 Å². The smallest absolute Gasteiger partial charge is 0.325 e. The normalized spacial score (nSPS) is 16.1. The highest BCUT2D eigenvalue weighted by Crippen LogP contribution is 2.35. The second-order valence-electron chi connectivity index (χ2n) is 8.73. The number of carbonyl (C=O) groups is 1. The van der Waals surface area contributed by atoms with E-state index in [1.807, 2.05) is 24.3 Å². The maximum Gasteiger partial charge on any atom is 0.325 e. The van der Waals surface area contributed by atoms with Crippen molar-refractivity contribution in [2.75, 3.05) is 26.2 Å². The van der Waals surface area contributed by atoms with Gasteiger partial charge < -0.3 is 15.6 Å². The fourth-order valence-corrected chi connectivity index (χ4v) is 5.62. The van der Waals surface area contributed by atoms with Crippen LogP contribution in [0.5, 0.6) is 5.75 Å². The highest BCUT2D eigenvalue weighted by Gasteiger charge is 2.46. The lowest BCUT2D eigenvalue weighted by Gasteiger charge is -2.35. The average molecular weight is 461 g/mol. The minimum atomic E-state index is -3.91. The van der Waals surface area contributed by atoms with Crippen molar-refractivity contribution in [1.29, 1.82) is 0 Å². The van der Waals surface area contributed by atoms with E-state index in [2.05, 4.69) is 25.1 Å². The molecule has 1 aliphatic heterocycles. The van der Waals surface area contributed by atoms with Gasteiger partial charge >= 0.3 is 5.97 Å². The first-order chi connectivity index (χ1) is 15.1. The Morgan fingerprint density at radius 3 is 2.47 bits per heavy atom.